The average Bonchev–Trinajstić information content (AvgIpc) is 3.09. The molecule has 1 heterocycles. The van der Waals surface area contributed by atoms with Crippen LogP contribution < -0.4 is 0 Å². The van der Waals surface area contributed by atoms with Crippen molar-refractivity contribution in [3.05, 3.63) is 34.6 Å². The maximum Gasteiger partial charge on any atom is 0.226 e. The Morgan fingerprint density at radius 2 is 1.89 bits per heavy atom. The molecule has 0 atom stereocenters. The molecule has 3 nitrogen and oxygen atoms in total. The van der Waals surface area contributed by atoms with Gasteiger partial charge in [-0.2, -0.15) is 4.98 Å². The fourth-order valence-electron chi connectivity index (χ4n) is 2.70. The van der Waals surface area contributed by atoms with Crippen LogP contribution in [0.25, 0.3) is 11.4 Å². The molecule has 0 amide bonds. The van der Waals surface area contributed by atoms with E-state index in [4.69, 9.17) is 4.52 Å². The van der Waals surface area contributed by atoms with Gasteiger partial charge in [-0.05, 0) is 36.6 Å². The van der Waals surface area contributed by atoms with Gasteiger partial charge >= 0.3 is 0 Å². The van der Waals surface area contributed by atoms with Crippen molar-refractivity contribution in [2.75, 3.05) is 0 Å². The summed E-state index contributed by atoms with van der Waals surface area (Å²) in [6.45, 7) is 0. The van der Waals surface area contributed by atoms with Gasteiger partial charge in [-0.3, -0.25) is 0 Å². The molecule has 4 heteroatoms. The van der Waals surface area contributed by atoms with Crippen molar-refractivity contribution in [1.82, 2.24) is 10.1 Å². The number of hydrogen-bond donors (Lipinski definition) is 0. The molecule has 1 aromatic carbocycles. The van der Waals surface area contributed by atoms with Gasteiger partial charge in [0.05, 0.1) is 0 Å². The maximum atomic E-state index is 5.34. The Kier molecular flexibility index (Phi) is 3.97. The minimum Gasteiger partial charge on any atom is -0.339 e. The van der Waals surface area contributed by atoms with E-state index in [-0.39, 0.29) is 0 Å². The summed E-state index contributed by atoms with van der Waals surface area (Å²) >= 11 is 3.42. The van der Waals surface area contributed by atoms with Gasteiger partial charge in [-0.25, -0.2) is 0 Å². The first-order valence-electron chi connectivity index (χ1n) is 6.90. The SMILES string of the molecule is Brc1ccc(-c2noc(CCC3CCCC3)n2)cc1. The molecule has 0 bridgehead atoms. The highest BCUT2D eigenvalue weighted by molar-refractivity contribution is 9.10. The van der Waals surface area contributed by atoms with Gasteiger partial charge in [-0.15, -0.1) is 0 Å². The summed E-state index contributed by atoms with van der Waals surface area (Å²) in [7, 11) is 0. The van der Waals surface area contributed by atoms with Gasteiger partial charge in [0.25, 0.3) is 0 Å². The number of benzene rings is 1. The van der Waals surface area contributed by atoms with Gasteiger partial charge < -0.3 is 4.52 Å². The van der Waals surface area contributed by atoms with Crippen LogP contribution in [-0.2, 0) is 6.42 Å². The summed E-state index contributed by atoms with van der Waals surface area (Å²) < 4.78 is 6.39. The van der Waals surface area contributed by atoms with Crippen LogP contribution in [0.2, 0.25) is 0 Å². The number of nitrogens with zero attached hydrogens (tertiary/aromatic N) is 2. The minimum atomic E-state index is 0.689. The quantitative estimate of drug-likeness (QED) is 0.824. The van der Waals surface area contributed by atoms with Crippen LogP contribution in [0.15, 0.2) is 33.3 Å². The zero-order valence-electron chi connectivity index (χ0n) is 10.8. The second kappa shape index (κ2) is 5.87. The molecular formula is C15H17BrN2O. The number of rotatable bonds is 4. The molecule has 0 aliphatic heterocycles. The van der Waals surface area contributed by atoms with E-state index >= 15 is 0 Å². The second-order valence-electron chi connectivity index (χ2n) is 5.21. The van der Waals surface area contributed by atoms with Crippen LogP contribution in [0.1, 0.15) is 38.0 Å². The van der Waals surface area contributed by atoms with Gasteiger partial charge in [0.15, 0.2) is 0 Å². The fraction of sp³-hybridized carbons (Fsp3) is 0.467. The van der Waals surface area contributed by atoms with E-state index < -0.39 is 0 Å². The Hall–Kier alpha value is -1.16. The Morgan fingerprint density at radius 3 is 2.63 bits per heavy atom. The zero-order valence-corrected chi connectivity index (χ0v) is 12.4. The predicted molar refractivity (Wildman–Crippen MR) is 77.7 cm³/mol. The molecule has 2 aromatic rings. The molecule has 1 aliphatic rings. The lowest BCUT2D eigenvalue weighted by molar-refractivity contribution is 0.362. The molecule has 1 fully saturated rings. The summed E-state index contributed by atoms with van der Waals surface area (Å²) in [5.74, 6) is 2.32. The smallest absolute Gasteiger partial charge is 0.226 e. The van der Waals surface area contributed by atoms with Crippen molar-refractivity contribution in [2.45, 2.75) is 38.5 Å². The van der Waals surface area contributed by atoms with E-state index in [1.54, 1.807) is 0 Å². The predicted octanol–water partition coefficient (Wildman–Crippen LogP) is 4.62. The standard InChI is InChI=1S/C15H17BrN2O/c16-13-8-6-12(7-9-13)15-17-14(19-18-15)10-5-11-3-1-2-4-11/h6-9,11H,1-5,10H2. The average molecular weight is 321 g/mol. The highest BCUT2D eigenvalue weighted by atomic mass is 79.9. The van der Waals surface area contributed by atoms with Crippen LogP contribution in [0.4, 0.5) is 0 Å². The van der Waals surface area contributed by atoms with Crippen molar-refractivity contribution in [3.8, 4) is 11.4 Å². The fourth-order valence-corrected chi connectivity index (χ4v) is 2.96. The second-order valence-corrected chi connectivity index (χ2v) is 6.12. The van der Waals surface area contributed by atoms with Crippen LogP contribution in [-0.4, -0.2) is 10.1 Å². The Labute approximate surface area is 121 Å². The molecule has 19 heavy (non-hydrogen) atoms. The molecule has 1 saturated carbocycles. The van der Waals surface area contributed by atoms with Gasteiger partial charge in [-0.1, -0.05) is 46.8 Å². The molecule has 0 saturated heterocycles. The highest BCUT2D eigenvalue weighted by Crippen LogP contribution is 2.28. The number of halogens is 1. The van der Waals surface area contributed by atoms with Crippen molar-refractivity contribution < 1.29 is 4.52 Å². The molecule has 0 radical (unpaired) electrons. The molecule has 0 N–H and O–H groups in total. The monoisotopic (exact) mass is 320 g/mol. The van der Waals surface area contributed by atoms with Crippen LogP contribution in [0.3, 0.4) is 0 Å². The van der Waals surface area contributed by atoms with E-state index in [0.717, 1.165) is 28.3 Å². The van der Waals surface area contributed by atoms with Crippen LogP contribution in [0.5, 0.6) is 0 Å². The largest absolute Gasteiger partial charge is 0.339 e. The Morgan fingerprint density at radius 1 is 1.16 bits per heavy atom. The Bertz CT molecular complexity index is 529. The van der Waals surface area contributed by atoms with Crippen molar-refractivity contribution in [2.24, 2.45) is 5.92 Å². The molecule has 100 valence electrons. The van der Waals surface area contributed by atoms with E-state index in [0.29, 0.717) is 5.82 Å². The summed E-state index contributed by atoms with van der Waals surface area (Å²) in [5, 5.41) is 4.06. The Balaban J connectivity index is 1.63. The van der Waals surface area contributed by atoms with E-state index in [1.807, 2.05) is 24.3 Å². The minimum absolute atomic E-state index is 0.689. The first kappa shape index (κ1) is 12.9. The molecule has 1 aliphatic carbocycles. The number of aromatic nitrogens is 2. The lowest BCUT2D eigenvalue weighted by Gasteiger charge is -2.04. The zero-order chi connectivity index (χ0) is 13.1. The molecular weight excluding hydrogens is 304 g/mol. The van der Waals surface area contributed by atoms with E-state index in [2.05, 4.69) is 26.1 Å². The maximum absolute atomic E-state index is 5.34. The first-order valence-corrected chi connectivity index (χ1v) is 7.69. The molecule has 0 unspecified atom stereocenters. The summed E-state index contributed by atoms with van der Waals surface area (Å²) in [5.41, 5.74) is 0.999. The topological polar surface area (TPSA) is 38.9 Å². The summed E-state index contributed by atoms with van der Waals surface area (Å²) in [6.07, 6.45) is 7.61. The van der Waals surface area contributed by atoms with Gasteiger partial charge in [0.1, 0.15) is 0 Å². The van der Waals surface area contributed by atoms with Gasteiger partial charge in [0, 0.05) is 16.5 Å². The normalized spacial score (nSPS) is 16.1. The lowest BCUT2D eigenvalue weighted by Crippen LogP contribution is -1.96. The molecule has 1 aromatic heterocycles. The first-order chi connectivity index (χ1) is 9.31. The molecule has 0 spiro atoms. The van der Waals surface area contributed by atoms with Gasteiger partial charge in [0.2, 0.25) is 11.7 Å². The highest BCUT2D eigenvalue weighted by Gasteiger charge is 2.16. The molecule has 3 rings (SSSR count). The van der Waals surface area contributed by atoms with E-state index in [9.17, 15) is 0 Å². The third-order valence-electron chi connectivity index (χ3n) is 3.81. The summed E-state index contributed by atoms with van der Waals surface area (Å²) in [4.78, 5) is 4.48. The van der Waals surface area contributed by atoms with Crippen molar-refractivity contribution in [1.29, 1.82) is 0 Å². The van der Waals surface area contributed by atoms with Crippen LogP contribution in [0, 0.1) is 5.92 Å². The lowest BCUT2D eigenvalue weighted by atomic mass is 10.0. The van der Waals surface area contributed by atoms with Crippen molar-refractivity contribution >= 4 is 15.9 Å². The van der Waals surface area contributed by atoms with Crippen molar-refractivity contribution in [3.63, 3.8) is 0 Å². The number of hydrogen-bond acceptors (Lipinski definition) is 3. The number of aryl methyl sites for hydroxylation is 1. The van der Waals surface area contributed by atoms with Crippen LogP contribution >= 0.6 is 15.9 Å². The summed E-state index contributed by atoms with van der Waals surface area (Å²) in [6, 6.07) is 7.97. The third kappa shape index (κ3) is 3.24. The third-order valence-corrected chi connectivity index (χ3v) is 4.34. The van der Waals surface area contributed by atoms with E-state index in [1.165, 1.54) is 32.1 Å².